The molecule has 1 aromatic heterocycles. The molecule has 0 spiro atoms. The highest BCUT2D eigenvalue weighted by molar-refractivity contribution is 9.10. The van der Waals surface area contributed by atoms with Crippen molar-refractivity contribution in [3.8, 4) is 0 Å². The van der Waals surface area contributed by atoms with E-state index in [1.807, 2.05) is 24.4 Å². The van der Waals surface area contributed by atoms with E-state index >= 15 is 0 Å². The molecule has 3 N–H and O–H groups in total. The molecule has 3 rings (SSSR count). The van der Waals surface area contributed by atoms with Gasteiger partial charge in [-0.05, 0) is 42.8 Å². The van der Waals surface area contributed by atoms with Crippen LogP contribution in [0.15, 0.2) is 59.2 Å². The molecule has 1 heterocycles. The molecule has 106 valence electrons. The highest BCUT2D eigenvalue weighted by Gasteiger charge is 2.05. The van der Waals surface area contributed by atoms with Crippen molar-refractivity contribution in [2.75, 3.05) is 11.9 Å². The number of nitrogens with two attached hydrogens (primary N) is 1. The molecule has 0 unspecified atom stereocenters. The number of rotatable bonds is 4. The summed E-state index contributed by atoms with van der Waals surface area (Å²) in [5, 5.41) is 5.62. The van der Waals surface area contributed by atoms with Gasteiger partial charge in [-0.2, -0.15) is 0 Å². The van der Waals surface area contributed by atoms with E-state index in [0.29, 0.717) is 6.54 Å². The van der Waals surface area contributed by atoms with Crippen molar-refractivity contribution in [1.29, 1.82) is 0 Å². The van der Waals surface area contributed by atoms with Crippen LogP contribution in [0.5, 0.6) is 0 Å². The van der Waals surface area contributed by atoms with Crippen molar-refractivity contribution in [2.24, 2.45) is 5.73 Å². The van der Waals surface area contributed by atoms with Gasteiger partial charge in [-0.25, -0.2) is 4.98 Å². The Morgan fingerprint density at radius 3 is 2.57 bits per heavy atom. The summed E-state index contributed by atoms with van der Waals surface area (Å²) < 4.78 is 1.07. The molecule has 3 aromatic rings. The lowest BCUT2D eigenvalue weighted by molar-refractivity contribution is 0.969. The van der Waals surface area contributed by atoms with Gasteiger partial charge >= 0.3 is 0 Å². The van der Waals surface area contributed by atoms with Crippen LogP contribution < -0.4 is 11.1 Å². The maximum atomic E-state index is 5.57. The second-order valence-electron chi connectivity index (χ2n) is 4.86. The Kier molecular flexibility index (Phi) is 4.18. The molecule has 2 aromatic carbocycles. The first-order valence-electron chi connectivity index (χ1n) is 6.87. The predicted octanol–water partition coefficient (Wildman–Crippen LogP) is 4.24. The van der Waals surface area contributed by atoms with Crippen molar-refractivity contribution < 1.29 is 0 Å². The van der Waals surface area contributed by atoms with Crippen molar-refractivity contribution >= 4 is 38.2 Å². The number of hydrogen-bond donors (Lipinski definition) is 2. The van der Waals surface area contributed by atoms with Gasteiger partial charge in [0.15, 0.2) is 0 Å². The smallest absolute Gasteiger partial charge is 0.138 e. The topological polar surface area (TPSA) is 50.9 Å². The normalized spacial score (nSPS) is 10.8. The molecule has 0 radical (unpaired) electrons. The number of hydrogen-bond acceptors (Lipinski definition) is 3. The third-order valence-electron chi connectivity index (χ3n) is 3.40. The number of aromatic nitrogens is 1. The molecule has 0 atom stereocenters. The van der Waals surface area contributed by atoms with Crippen molar-refractivity contribution in [1.82, 2.24) is 4.98 Å². The molecule has 0 aliphatic heterocycles. The first kappa shape index (κ1) is 14.0. The molecule has 4 heteroatoms. The molecule has 21 heavy (non-hydrogen) atoms. The van der Waals surface area contributed by atoms with Crippen LogP contribution in [0.1, 0.15) is 5.56 Å². The number of halogens is 1. The molecule has 0 saturated carbocycles. The van der Waals surface area contributed by atoms with Crippen molar-refractivity contribution in [2.45, 2.75) is 6.42 Å². The molecule has 3 nitrogen and oxygen atoms in total. The average Bonchev–Trinajstić information content (AvgIpc) is 2.51. The third-order valence-corrected chi connectivity index (χ3v) is 4.09. The summed E-state index contributed by atoms with van der Waals surface area (Å²) in [6.45, 7) is 0.672. The summed E-state index contributed by atoms with van der Waals surface area (Å²) in [6.07, 6.45) is 2.72. The van der Waals surface area contributed by atoms with Gasteiger partial charge in [0.2, 0.25) is 0 Å². The molecule has 0 bridgehead atoms. The van der Waals surface area contributed by atoms with Crippen LogP contribution >= 0.6 is 15.9 Å². The molecular formula is C17H16BrN3. The quantitative estimate of drug-likeness (QED) is 0.746. The van der Waals surface area contributed by atoms with E-state index in [2.05, 4.69) is 56.6 Å². The molecular weight excluding hydrogens is 326 g/mol. The highest BCUT2D eigenvalue weighted by atomic mass is 79.9. The second-order valence-corrected chi connectivity index (χ2v) is 5.71. The Bertz CT molecular complexity index is 754. The Balaban J connectivity index is 1.93. The average molecular weight is 342 g/mol. The van der Waals surface area contributed by atoms with E-state index in [1.165, 1.54) is 5.56 Å². The predicted molar refractivity (Wildman–Crippen MR) is 91.9 cm³/mol. The van der Waals surface area contributed by atoms with Crippen LogP contribution in [0.3, 0.4) is 0 Å². The van der Waals surface area contributed by atoms with Gasteiger partial charge in [-0.3, -0.25) is 0 Å². The molecule has 0 fully saturated rings. The maximum Gasteiger partial charge on any atom is 0.138 e. The van der Waals surface area contributed by atoms with E-state index in [4.69, 9.17) is 5.73 Å². The standard InChI is InChI=1S/C17H16BrN3/c18-16-3-1-2-15-14(16)9-11-20-17(15)21-13-6-4-12(5-7-13)8-10-19/h1-7,9,11H,8,10,19H2,(H,20,21). The number of nitrogens with one attached hydrogen (secondary N) is 1. The van der Waals surface area contributed by atoms with Gasteiger partial charge in [-0.15, -0.1) is 0 Å². The van der Waals surface area contributed by atoms with Gasteiger partial charge in [0.05, 0.1) is 0 Å². The summed E-state index contributed by atoms with van der Waals surface area (Å²) in [4.78, 5) is 4.45. The minimum absolute atomic E-state index is 0.672. The lowest BCUT2D eigenvalue weighted by Crippen LogP contribution is -2.02. The lowest BCUT2D eigenvalue weighted by atomic mass is 10.1. The molecule has 0 aliphatic carbocycles. The molecule has 0 aliphatic rings. The number of anilines is 2. The summed E-state index contributed by atoms with van der Waals surface area (Å²) in [5.41, 5.74) is 7.84. The zero-order valence-corrected chi connectivity index (χ0v) is 13.1. The van der Waals surface area contributed by atoms with Crippen molar-refractivity contribution in [3.63, 3.8) is 0 Å². The number of nitrogens with zero attached hydrogens (tertiary/aromatic N) is 1. The first-order valence-corrected chi connectivity index (χ1v) is 7.66. The summed E-state index contributed by atoms with van der Waals surface area (Å²) in [7, 11) is 0. The van der Waals surface area contributed by atoms with Crippen LogP contribution in [-0.2, 0) is 6.42 Å². The monoisotopic (exact) mass is 341 g/mol. The molecule has 0 amide bonds. The van der Waals surface area contributed by atoms with Gasteiger partial charge in [0.1, 0.15) is 5.82 Å². The minimum atomic E-state index is 0.672. The Morgan fingerprint density at radius 1 is 1.00 bits per heavy atom. The maximum absolute atomic E-state index is 5.57. The van der Waals surface area contributed by atoms with Gasteiger partial charge in [-0.1, -0.05) is 40.2 Å². The highest BCUT2D eigenvalue weighted by Crippen LogP contribution is 2.29. The largest absolute Gasteiger partial charge is 0.340 e. The van der Waals surface area contributed by atoms with Crippen molar-refractivity contribution in [3.05, 3.63) is 64.8 Å². The summed E-state index contributed by atoms with van der Waals surface area (Å²) in [5.74, 6) is 0.861. The zero-order chi connectivity index (χ0) is 14.7. The number of fused-ring (bicyclic) bond motifs is 1. The SMILES string of the molecule is NCCc1ccc(Nc2nccc3c(Br)cccc23)cc1. The van der Waals surface area contributed by atoms with Crippen LogP contribution in [0, 0.1) is 0 Å². The first-order chi connectivity index (χ1) is 10.3. The fourth-order valence-electron chi connectivity index (χ4n) is 2.33. The zero-order valence-electron chi connectivity index (χ0n) is 11.5. The number of pyridine rings is 1. The van der Waals surface area contributed by atoms with E-state index in [-0.39, 0.29) is 0 Å². The molecule has 0 saturated heterocycles. The van der Waals surface area contributed by atoms with E-state index in [0.717, 1.165) is 33.2 Å². The Morgan fingerprint density at radius 2 is 1.81 bits per heavy atom. The van der Waals surface area contributed by atoms with Gasteiger partial charge in [0.25, 0.3) is 0 Å². The van der Waals surface area contributed by atoms with Crippen LogP contribution in [0.4, 0.5) is 11.5 Å². The fourth-order valence-corrected chi connectivity index (χ4v) is 2.82. The van der Waals surface area contributed by atoms with Gasteiger partial charge in [0, 0.05) is 27.1 Å². The number of benzene rings is 2. The van der Waals surface area contributed by atoms with E-state index in [1.54, 1.807) is 0 Å². The summed E-state index contributed by atoms with van der Waals surface area (Å²) >= 11 is 3.58. The van der Waals surface area contributed by atoms with Crippen LogP contribution in [0.2, 0.25) is 0 Å². The Labute approximate surface area is 132 Å². The van der Waals surface area contributed by atoms with Crippen LogP contribution in [0.25, 0.3) is 10.8 Å². The lowest BCUT2D eigenvalue weighted by Gasteiger charge is -2.10. The third kappa shape index (κ3) is 3.06. The van der Waals surface area contributed by atoms with E-state index in [9.17, 15) is 0 Å². The summed E-state index contributed by atoms with van der Waals surface area (Å²) in [6, 6.07) is 16.4. The van der Waals surface area contributed by atoms with E-state index < -0.39 is 0 Å². The Hall–Kier alpha value is -1.91. The minimum Gasteiger partial charge on any atom is -0.340 e. The van der Waals surface area contributed by atoms with Gasteiger partial charge < -0.3 is 11.1 Å². The van der Waals surface area contributed by atoms with Crippen LogP contribution in [-0.4, -0.2) is 11.5 Å². The second kappa shape index (κ2) is 6.24. The fraction of sp³-hybridized carbons (Fsp3) is 0.118.